The van der Waals surface area contributed by atoms with Crippen molar-refractivity contribution in [3.05, 3.63) is 47.2 Å². The first-order valence-electron chi connectivity index (χ1n) is 7.77. The van der Waals surface area contributed by atoms with Crippen molar-refractivity contribution in [2.24, 2.45) is 5.73 Å². The standard InChI is InChI=1S/C17H19N3O4/c1-11-16(24-10-19-11)17(22)20-6-7-23-14-4-2-12(3-5-15(18)21)8-13(14)9-20/h2,4,8,10H,3,5-7,9H2,1H3,(H2,18,21). The van der Waals surface area contributed by atoms with Crippen LogP contribution in [0.4, 0.5) is 0 Å². The quantitative estimate of drug-likeness (QED) is 0.915. The van der Waals surface area contributed by atoms with Gasteiger partial charge in [0.05, 0.1) is 12.2 Å². The van der Waals surface area contributed by atoms with Gasteiger partial charge in [-0.15, -0.1) is 0 Å². The van der Waals surface area contributed by atoms with E-state index >= 15 is 0 Å². The molecule has 0 spiro atoms. The van der Waals surface area contributed by atoms with Gasteiger partial charge in [0.1, 0.15) is 12.4 Å². The Balaban J connectivity index is 1.81. The summed E-state index contributed by atoms with van der Waals surface area (Å²) in [6.45, 7) is 3.02. The summed E-state index contributed by atoms with van der Waals surface area (Å²) in [6, 6.07) is 5.75. The van der Waals surface area contributed by atoms with Gasteiger partial charge in [0.25, 0.3) is 5.91 Å². The lowest BCUT2D eigenvalue weighted by atomic mass is 10.0. The minimum atomic E-state index is -0.334. The molecule has 0 bridgehead atoms. The molecule has 1 aromatic heterocycles. The molecule has 0 saturated carbocycles. The number of hydrogen-bond acceptors (Lipinski definition) is 5. The van der Waals surface area contributed by atoms with Gasteiger partial charge in [0, 0.05) is 18.5 Å². The highest BCUT2D eigenvalue weighted by Gasteiger charge is 2.25. The normalized spacial score (nSPS) is 13.8. The summed E-state index contributed by atoms with van der Waals surface area (Å²) >= 11 is 0. The van der Waals surface area contributed by atoms with Crippen molar-refractivity contribution in [2.75, 3.05) is 13.2 Å². The first kappa shape index (κ1) is 16.0. The molecule has 1 aliphatic rings. The van der Waals surface area contributed by atoms with Gasteiger partial charge in [-0.1, -0.05) is 12.1 Å². The van der Waals surface area contributed by atoms with E-state index in [1.807, 2.05) is 18.2 Å². The van der Waals surface area contributed by atoms with Crippen LogP contribution < -0.4 is 10.5 Å². The lowest BCUT2D eigenvalue weighted by Crippen LogP contribution is -2.32. The number of oxazole rings is 1. The number of aromatic nitrogens is 1. The van der Waals surface area contributed by atoms with E-state index in [9.17, 15) is 9.59 Å². The van der Waals surface area contributed by atoms with Crippen LogP contribution in [0.1, 0.15) is 33.8 Å². The Bertz CT molecular complexity index is 769. The van der Waals surface area contributed by atoms with E-state index in [4.69, 9.17) is 14.9 Å². The molecule has 0 fully saturated rings. The second-order valence-corrected chi connectivity index (χ2v) is 5.75. The van der Waals surface area contributed by atoms with E-state index in [2.05, 4.69) is 4.98 Å². The SMILES string of the molecule is Cc1ncoc1C(=O)N1CCOc2ccc(CCC(N)=O)cc2C1. The molecule has 0 radical (unpaired) electrons. The number of aryl methyl sites for hydroxylation is 2. The predicted molar refractivity (Wildman–Crippen MR) is 85.4 cm³/mol. The third-order valence-corrected chi connectivity index (χ3v) is 3.99. The molecule has 0 unspecified atom stereocenters. The minimum absolute atomic E-state index is 0.205. The molecule has 7 nitrogen and oxygen atoms in total. The molecule has 0 saturated heterocycles. The van der Waals surface area contributed by atoms with Crippen LogP contribution >= 0.6 is 0 Å². The Hall–Kier alpha value is -2.83. The van der Waals surface area contributed by atoms with Gasteiger partial charge in [-0.25, -0.2) is 4.98 Å². The number of carbonyl (C=O) groups excluding carboxylic acids is 2. The van der Waals surface area contributed by atoms with E-state index in [1.165, 1.54) is 6.39 Å². The molecule has 2 heterocycles. The number of nitrogens with two attached hydrogens (primary N) is 1. The lowest BCUT2D eigenvalue weighted by molar-refractivity contribution is -0.117. The zero-order valence-corrected chi connectivity index (χ0v) is 13.4. The molecule has 0 atom stereocenters. The van der Waals surface area contributed by atoms with Crippen LogP contribution in [0, 0.1) is 6.92 Å². The fourth-order valence-corrected chi connectivity index (χ4v) is 2.69. The Kier molecular flexibility index (Phi) is 4.50. The van der Waals surface area contributed by atoms with Gasteiger partial charge in [-0.3, -0.25) is 9.59 Å². The van der Waals surface area contributed by atoms with Crippen LogP contribution in [0.25, 0.3) is 0 Å². The third-order valence-electron chi connectivity index (χ3n) is 3.99. The molecule has 126 valence electrons. The van der Waals surface area contributed by atoms with E-state index in [1.54, 1.807) is 11.8 Å². The largest absolute Gasteiger partial charge is 0.491 e. The number of rotatable bonds is 4. The smallest absolute Gasteiger partial charge is 0.291 e. The van der Waals surface area contributed by atoms with E-state index < -0.39 is 0 Å². The number of primary amides is 1. The average molecular weight is 329 g/mol. The van der Waals surface area contributed by atoms with Gasteiger partial charge in [-0.2, -0.15) is 0 Å². The Morgan fingerprint density at radius 3 is 2.92 bits per heavy atom. The second kappa shape index (κ2) is 6.74. The van der Waals surface area contributed by atoms with E-state index in [0.29, 0.717) is 38.2 Å². The molecular weight excluding hydrogens is 310 g/mol. The van der Waals surface area contributed by atoms with Crippen molar-refractivity contribution in [1.29, 1.82) is 0 Å². The van der Waals surface area contributed by atoms with Crippen molar-refractivity contribution < 1.29 is 18.7 Å². The summed E-state index contributed by atoms with van der Waals surface area (Å²) < 4.78 is 10.9. The summed E-state index contributed by atoms with van der Waals surface area (Å²) in [7, 11) is 0. The number of hydrogen-bond donors (Lipinski definition) is 1. The van der Waals surface area contributed by atoms with Crippen LogP contribution in [0.3, 0.4) is 0 Å². The first-order chi connectivity index (χ1) is 11.5. The topological polar surface area (TPSA) is 98.7 Å². The molecule has 1 aliphatic heterocycles. The molecule has 7 heteroatoms. The van der Waals surface area contributed by atoms with Gasteiger partial charge >= 0.3 is 0 Å². The van der Waals surface area contributed by atoms with E-state index in [-0.39, 0.29) is 17.6 Å². The highest BCUT2D eigenvalue weighted by molar-refractivity contribution is 5.92. The fraction of sp³-hybridized carbons (Fsp3) is 0.353. The monoisotopic (exact) mass is 329 g/mol. The molecule has 3 rings (SSSR count). The van der Waals surface area contributed by atoms with Crippen LogP contribution in [0.2, 0.25) is 0 Å². The highest BCUT2D eigenvalue weighted by Crippen LogP contribution is 2.26. The van der Waals surface area contributed by atoms with Crippen molar-refractivity contribution in [3.63, 3.8) is 0 Å². The zero-order valence-electron chi connectivity index (χ0n) is 13.4. The number of fused-ring (bicyclic) bond motifs is 1. The van der Waals surface area contributed by atoms with Crippen molar-refractivity contribution >= 4 is 11.8 Å². The van der Waals surface area contributed by atoms with Crippen LogP contribution in [-0.2, 0) is 17.8 Å². The van der Waals surface area contributed by atoms with E-state index in [0.717, 1.165) is 16.9 Å². The molecule has 2 aromatic rings. The summed E-state index contributed by atoms with van der Waals surface area (Å²) in [5, 5.41) is 0. The Labute approximate surface area is 139 Å². The van der Waals surface area contributed by atoms with Crippen molar-refractivity contribution in [2.45, 2.75) is 26.3 Å². The average Bonchev–Trinajstić information content (AvgIpc) is 2.87. The van der Waals surface area contributed by atoms with Gasteiger partial charge in [-0.05, 0) is 25.0 Å². The maximum absolute atomic E-state index is 12.6. The maximum Gasteiger partial charge on any atom is 0.291 e. The molecule has 0 aliphatic carbocycles. The van der Waals surface area contributed by atoms with Gasteiger partial charge in [0.2, 0.25) is 11.7 Å². The number of ether oxygens (including phenoxy) is 1. The summed E-state index contributed by atoms with van der Waals surface area (Å²) in [4.78, 5) is 29.2. The zero-order chi connectivity index (χ0) is 17.1. The molecule has 1 aromatic carbocycles. The van der Waals surface area contributed by atoms with Crippen LogP contribution in [0.15, 0.2) is 29.0 Å². The lowest BCUT2D eigenvalue weighted by Gasteiger charge is -2.18. The highest BCUT2D eigenvalue weighted by atomic mass is 16.5. The predicted octanol–water partition coefficient (Wildman–Crippen LogP) is 1.44. The fourth-order valence-electron chi connectivity index (χ4n) is 2.69. The molecule has 2 N–H and O–H groups in total. The van der Waals surface area contributed by atoms with Crippen LogP contribution in [-0.4, -0.2) is 34.8 Å². The van der Waals surface area contributed by atoms with Crippen molar-refractivity contribution in [3.8, 4) is 5.75 Å². The summed E-state index contributed by atoms with van der Waals surface area (Å²) in [5.74, 6) is 0.466. The molecule has 2 amide bonds. The maximum atomic E-state index is 12.6. The summed E-state index contributed by atoms with van der Waals surface area (Å²) in [6.07, 6.45) is 2.13. The first-order valence-corrected chi connectivity index (χ1v) is 7.77. The second-order valence-electron chi connectivity index (χ2n) is 5.75. The van der Waals surface area contributed by atoms with Crippen molar-refractivity contribution in [1.82, 2.24) is 9.88 Å². The molecule has 24 heavy (non-hydrogen) atoms. The number of carbonyl (C=O) groups is 2. The number of amides is 2. The van der Waals surface area contributed by atoms with Gasteiger partial charge in [0.15, 0.2) is 6.39 Å². The molecular formula is C17H19N3O4. The van der Waals surface area contributed by atoms with Crippen LogP contribution in [0.5, 0.6) is 5.75 Å². The third kappa shape index (κ3) is 3.40. The number of nitrogens with zero attached hydrogens (tertiary/aromatic N) is 2. The minimum Gasteiger partial charge on any atom is -0.491 e. The summed E-state index contributed by atoms with van der Waals surface area (Å²) in [5.41, 5.74) is 7.66. The number of benzene rings is 1. The Morgan fingerprint density at radius 1 is 1.38 bits per heavy atom. The van der Waals surface area contributed by atoms with Gasteiger partial charge < -0.3 is 19.8 Å². The Morgan fingerprint density at radius 2 is 2.21 bits per heavy atom.